The molecule has 106 valence electrons. The lowest BCUT2D eigenvalue weighted by atomic mass is 10.1. The fourth-order valence-corrected chi connectivity index (χ4v) is 1.34. The second-order valence-electron chi connectivity index (χ2n) is 3.44. The van der Waals surface area contributed by atoms with Gasteiger partial charge >= 0.3 is 11.7 Å². The Morgan fingerprint density at radius 3 is 2.30 bits per heavy atom. The largest absolute Gasteiger partial charge is 0.452 e. The Hall–Kier alpha value is -1.66. The molecule has 0 atom stereocenters. The zero-order valence-corrected chi connectivity index (χ0v) is 11.9. The van der Waals surface area contributed by atoms with Gasteiger partial charge in [-0.25, -0.2) is 4.79 Å². The third-order valence-corrected chi connectivity index (χ3v) is 2.34. The molecule has 20 heavy (non-hydrogen) atoms. The molecule has 0 aromatic heterocycles. The molecule has 0 fully saturated rings. The first kappa shape index (κ1) is 16.4. The van der Waals surface area contributed by atoms with E-state index in [0.29, 0.717) is 0 Å². The van der Waals surface area contributed by atoms with E-state index in [0.717, 1.165) is 12.1 Å². The second-order valence-corrected chi connectivity index (χ2v) is 5.96. The maximum Gasteiger partial charge on any atom is 0.422 e. The van der Waals surface area contributed by atoms with E-state index < -0.39 is 27.0 Å². The molecule has 1 rings (SSSR count). The lowest BCUT2D eigenvalue weighted by Gasteiger charge is -2.09. The number of hydrogen-bond donors (Lipinski definition) is 0. The Morgan fingerprint density at radius 1 is 1.35 bits per heavy atom. The standard InChI is InChI=1S/C10H6Cl3N3O4/c11-10(12,13)5-20-9(17)8(15-14)6-1-3-7(4-2-6)16(18)19/h1-4H,5H2. The number of ether oxygens (including phenoxy) is 1. The summed E-state index contributed by atoms with van der Waals surface area (Å²) < 4.78 is 2.83. The number of alkyl halides is 3. The number of non-ortho nitro benzene ring substituents is 1. The summed E-state index contributed by atoms with van der Waals surface area (Å²) in [4.78, 5) is 24.3. The monoisotopic (exact) mass is 337 g/mol. The molecule has 0 saturated heterocycles. The first-order valence-corrected chi connectivity index (χ1v) is 6.09. The van der Waals surface area contributed by atoms with E-state index in [1.54, 1.807) is 0 Å². The molecule has 0 amide bonds. The van der Waals surface area contributed by atoms with Crippen molar-refractivity contribution in [1.29, 1.82) is 0 Å². The van der Waals surface area contributed by atoms with Crippen molar-refractivity contribution in [3.63, 3.8) is 0 Å². The zero-order chi connectivity index (χ0) is 15.3. The third-order valence-electron chi connectivity index (χ3n) is 2.01. The number of carbonyl (C=O) groups is 1. The molecule has 1 aromatic rings. The number of nitrogens with zero attached hydrogens (tertiary/aromatic N) is 3. The number of benzene rings is 1. The molecule has 0 aliphatic heterocycles. The molecule has 7 nitrogen and oxygen atoms in total. The van der Waals surface area contributed by atoms with Crippen LogP contribution in [0.1, 0.15) is 5.56 Å². The predicted octanol–water partition coefficient (Wildman–Crippen LogP) is 2.53. The first-order valence-electron chi connectivity index (χ1n) is 4.95. The summed E-state index contributed by atoms with van der Waals surface area (Å²) in [5.41, 5.74) is 8.29. The van der Waals surface area contributed by atoms with E-state index in [4.69, 9.17) is 40.3 Å². The Kier molecular flexibility index (Phi) is 5.47. The van der Waals surface area contributed by atoms with Crippen LogP contribution in [0.5, 0.6) is 0 Å². The fraction of sp³-hybridized carbons (Fsp3) is 0.200. The van der Waals surface area contributed by atoms with Gasteiger partial charge in [0.15, 0.2) is 0 Å². The van der Waals surface area contributed by atoms with Gasteiger partial charge in [0.05, 0.1) is 10.5 Å². The Bertz CT molecular complexity index is 576. The van der Waals surface area contributed by atoms with Crippen LogP contribution in [0.2, 0.25) is 0 Å². The van der Waals surface area contributed by atoms with Crippen LogP contribution in [0.25, 0.3) is 5.53 Å². The molecular formula is C10H6Cl3N3O4. The van der Waals surface area contributed by atoms with Crippen LogP contribution < -0.4 is 0 Å². The topological polar surface area (TPSA) is 106 Å². The van der Waals surface area contributed by atoms with Gasteiger partial charge in [-0.3, -0.25) is 10.1 Å². The van der Waals surface area contributed by atoms with Gasteiger partial charge in [-0.15, -0.1) is 0 Å². The van der Waals surface area contributed by atoms with Gasteiger partial charge in [-0.1, -0.05) is 34.8 Å². The van der Waals surface area contributed by atoms with E-state index in [9.17, 15) is 14.9 Å². The Morgan fingerprint density at radius 2 is 1.90 bits per heavy atom. The summed E-state index contributed by atoms with van der Waals surface area (Å²) in [6.45, 7) is -0.539. The van der Waals surface area contributed by atoms with Crippen LogP contribution in [0, 0.1) is 10.1 Å². The number of nitro groups is 1. The SMILES string of the molecule is [N-]=[N+]=C(C(=O)OCC(Cl)(Cl)Cl)c1ccc([N+](=O)[O-])cc1. The van der Waals surface area contributed by atoms with Crippen molar-refractivity contribution in [2.75, 3.05) is 6.61 Å². The Balaban J connectivity index is 2.89. The molecule has 1 aromatic carbocycles. The second kappa shape index (κ2) is 6.67. The van der Waals surface area contributed by atoms with Crippen LogP contribution in [-0.2, 0) is 9.53 Å². The van der Waals surface area contributed by atoms with Crippen molar-refractivity contribution >= 4 is 52.2 Å². The number of carbonyl (C=O) groups excluding carboxylic acids is 1. The van der Waals surface area contributed by atoms with Crippen LogP contribution in [0.15, 0.2) is 24.3 Å². The lowest BCUT2D eigenvalue weighted by molar-refractivity contribution is -0.384. The van der Waals surface area contributed by atoms with Gasteiger partial charge in [-0.05, 0) is 12.1 Å². The fourth-order valence-electron chi connectivity index (χ4n) is 1.17. The van der Waals surface area contributed by atoms with Crippen molar-refractivity contribution in [1.82, 2.24) is 0 Å². The molecule has 0 unspecified atom stereocenters. The summed E-state index contributed by atoms with van der Waals surface area (Å²) in [6, 6.07) is 4.74. The van der Waals surface area contributed by atoms with Crippen molar-refractivity contribution in [2.24, 2.45) is 0 Å². The van der Waals surface area contributed by atoms with Crippen molar-refractivity contribution in [3.8, 4) is 0 Å². The molecule has 0 radical (unpaired) electrons. The first-order chi connectivity index (χ1) is 9.24. The van der Waals surface area contributed by atoms with Gasteiger partial charge in [-0.2, -0.15) is 4.79 Å². The summed E-state index contributed by atoms with van der Waals surface area (Å²) in [6.07, 6.45) is 0. The number of nitro benzene ring substituents is 1. The van der Waals surface area contributed by atoms with Crippen molar-refractivity contribution in [3.05, 3.63) is 45.5 Å². The average Bonchev–Trinajstić information content (AvgIpc) is 2.37. The maximum atomic E-state index is 11.6. The highest BCUT2D eigenvalue weighted by Gasteiger charge is 2.29. The highest BCUT2D eigenvalue weighted by Crippen LogP contribution is 2.26. The zero-order valence-electron chi connectivity index (χ0n) is 9.63. The normalized spacial score (nSPS) is 10.6. The number of esters is 1. The van der Waals surface area contributed by atoms with Crippen LogP contribution in [0.4, 0.5) is 5.69 Å². The van der Waals surface area contributed by atoms with Gasteiger partial charge in [0.2, 0.25) is 3.79 Å². The van der Waals surface area contributed by atoms with Gasteiger partial charge in [0.25, 0.3) is 5.69 Å². The molecule has 10 heteroatoms. The summed E-state index contributed by atoms with van der Waals surface area (Å²) in [5.74, 6) is -1.03. The summed E-state index contributed by atoms with van der Waals surface area (Å²) in [5, 5.41) is 10.5. The van der Waals surface area contributed by atoms with Gasteiger partial charge in [0, 0.05) is 12.1 Å². The van der Waals surface area contributed by atoms with Crippen LogP contribution >= 0.6 is 34.8 Å². The average molecular weight is 339 g/mol. The molecule has 0 heterocycles. The number of halogens is 3. The minimum Gasteiger partial charge on any atom is -0.452 e. The smallest absolute Gasteiger partial charge is 0.422 e. The third kappa shape index (κ3) is 4.79. The van der Waals surface area contributed by atoms with E-state index in [1.165, 1.54) is 12.1 Å². The summed E-state index contributed by atoms with van der Waals surface area (Å²) >= 11 is 16.2. The van der Waals surface area contributed by atoms with Gasteiger partial charge in [0.1, 0.15) is 6.61 Å². The molecule has 0 aliphatic rings. The molecule has 0 bridgehead atoms. The molecule has 0 saturated carbocycles. The van der Waals surface area contributed by atoms with Crippen LogP contribution in [0.3, 0.4) is 0 Å². The highest BCUT2D eigenvalue weighted by molar-refractivity contribution is 6.67. The van der Waals surface area contributed by atoms with Crippen LogP contribution in [-0.4, -0.2) is 31.8 Å². The Labute approximate surface area is 127 Å². The number of rotatable bonds is 4. The maximum absolute atomic E-state index is 11.6. The highest BCUT2D eigenvalue weighted by atomic mass is 35.6. The van der Waals surface area contributed by atoms with Gasteiger partial charge < -0.3 is 10.3 Å². The molecule has 0 spiro atoms. The van der Waals surface area contributed by atoms with Crippen molar-refractivity contribution < 1.29 is 19.2 Å². The number of hydrogen-bond acceptors (Lipinski definition) is 4. The molecule has 0 aliphatic carbocycles. The predicted molar refractivity (Wildman–Crippen MR) is 72.1 cm³/mol. The minimum atomic E-state index is -1.80. The van der Waals surface area contributed by atoms with Crippen molar-refractivity contribution in [2.45, 2.75) is 3.79 Å². The van der Waals surface area contributed by atoms with E-state index >= 15 is 0 Å². The molecule has 0 N–H and O–H groups in total. The quantitative estimate of drug-likeness (QED) is 0.160. The van der Waals surface area contributed by atoms with E-state index in [-0.39, 0.29) is 11.3 Å². The minimum absolute atomic E-state index is 0.118. The van der Waals surface area contributed by atoms with E-state index in [1.807, 2.05) is 0 Å². The molecular weight excluding hydrogens is 332 g/mol. The lowest BCUT2D eigenvalue weighted by Crippen LogP contribution is -2.24. The summed E-state index contributed by atoms with van der Waals surface area (Å²) in [7, 11) is 0. The van der Waals surface area contributed by atoms with E-state index in [2.05, 4.69) is 9.53 Å².